The van der Waals surface area contributed by atoms with E-state index in [1.807, 2.05) is 12.4 Å². The Morgan fingerprint density at radius 2 is 1.34 bits per heavy atom. The van der Waals surface area contributed by atoms with Crippen molar-refractivity contribution in [2.45, 2.75) is 111 Å². The number of fused-ring (bicyclic) bond motifs is 8. The standard InChI is InChI=1S/C49H47N2O.C13H14FN2Si.Ir/c1-29(2)38-27-33(31-15-10-9-11-16-31)28-39(30(3)4)43(38)51-44-34-18-13-12-17-32(34)21-24-41(44)50-47(51)37-20-14-19-35-36-22-23-40-42(46(36)52-45(35)37)49(7,8)26-25-48(40,5)6;1-17(2,3)12-8-15-13(16-9-12)10-4-6-11(14)7-5-10;/h9-19,21-24,27-30H,25-26H2,1-8H3;4,6-9H,1-3H3;/q2*-1;. The van der Waals surface area contributed by atoms with E-state index in [1.54, 1.807) is 6.07 Å². The van der Waals surface area contributed by atoms with Crippen LogP contribution >= 0.6 is 0 Å². The second-order valence-electron chi connectivity index (χ2n) is 21.9. The van der Waals surface area contributed by atoms with Crippen molar-refractivity contribution in [2.24, 2.45) is 0 Å². The normalized spacial score (nSPS) is 14.3. The fourth-order valence-corrected chi connectivity index (χ4v) is 11.2. The number of halogens is 1. The molecule has 3 aromatic heterocycles. The third-order valence-electron chi connectivity index (χ3n) is 14.4. The van der Waals surface area contributed by atoms with E-state index >= 15 is 0 Å². The minimum Gasteiger partial charge on any atom is -0.500 e. The van der Waals surface area contributed by atoms with Gasteiger partial charge in [-0.05, 0) is 92.1 Å². The Bertz CT molecular complexity index is 3520. The smallest absolute Gasteiger partial charge is 0.124 e. The van der Waals surface area contributed by atoms with Crippen LogP contribution < -0.4 is 5.19 Å². The largest absolute Gasteiger partial charge is 0.500 e. The molecule has 0 amide bonds. The van der Waals surface area contributed by atoms with Crippen molar-refractivity contribution < 1.29 is 28.9 Å². The maximum absolute atomic E-state index is 12.8. The van der Waals surface area contributed by atoms with Gasteiger partial charge in [0.2, 0.25) is 0 Å². The van der Waals surface area contributed by atoms with Gasteiger partial charge in [-0.2, -0.15) is 0 Å². The van der Waals surface area contributed by atoms with Gasteiger partial charge in [0, 0.05) is 60.3 Å². The van der Waals surface area contributed by atoms with Gasteiger partial charge in [-0.15, -0.1) is 48.0 Å². The number of benzene rings is 7. The van der Waals surface area contributed by atoms with Crippen LogP contribution in [0.3, 0.4) is 0 Å². The number of imidazole rings is 1. The summed E-state index contributed by atoms with van der Waals surface area (Å²) in [6.07, 6.45) is 6.02. The minimum atomic E-state index is -1.36. The average molecular weight is 1120 g/mol. The maximum Gasteiger partial charge on any atom is 0.124 e. The number of hydrogen-bond acceptors (Lipinski definition) is 4. The van der Waals surface area contributed by atoms with Crippen molar-refractivity contribution >= 4 is 57.0 Å². The van der Waals surface area contributed by atoms with E-state index in [0.717, 1.165) is 51.8 Å². The quantitative estimate of drug-likeness (QED) is 0.118. The SMILES string of the molecule is CC(C)c1cc(-c2ccccc2)cc(C(C)C)c1-n1c(-c2[c-]ccc3c2oc2c4c(ccc23)C(C)(C)CCC4(C)C)nc2ccc3ccccc3c21.C[Si](C)(C)c1cnc(-c2[c-]cc(F)cc2)nc1.[Ir]. The molecule has 0 bridgehead atoms. The first-order valence-electron chi connectivity index (χ1n) is 24.5. The van der Waals surface area contributed by atoms with E-state index in [0.29, 0.717) is 11.4 Å². The summed E-state index contributed by atoms with van der Waals surface area (Å²) in [4.78, 5) is 14.2. The summed E-state index contributed by atoms with van der Waals surface area (Å²) >= 11 is 0. The summed E-state index contributed by atoms with van der Waals surface area (Å²) in [5.74, 6) is 1.68. The van der Waals surface area contributed by atoms with Crippen LogP contribution in [0.4, 0.5) is 4.39 Å². The second kappa shape index (κ2) is 18.6. The Labute approximate surface area is 427 Å². The van der Waals surface area contributed by atoms with Gasteiger partial charge in [0.25, 0.3) is 0 Å². The molecule has 1 aliphatic carbocycles. The van der Waals surface area contributed by atoms with E-state index in [-0.39, 0.29) is 48.6 Å². The molecule has 0 aliphatic heterocycles. The molecule has 1 radical (unpaired) electrons. The summed E-state index contributed by atoms with van der Waals surface area (Å²) in [6, 6.07) is 48.4. The van der Waals surface area contributed by atoms with E-state index in [2.05, 4.69) is 205 Å². The van der Waals surface area contributed by atoms with Crippen LogP contribution in [-0.2, 0) is 30.9 Å². The van der Waals surface area contributed by atoms with Gasteiger partial charge >= 0.3 is 0 Å². The van der Waals surface area contributed by atoms with E-state index in [1.165, 1.54) is 72.5 Å². The van der Waals surface area contributed by atoms with Crippen LogP contribution in [0.25, 0.3) is 83.3 Å². The Balaban J connectivity index is 0.000000286. The minimum absolute atomic E-state index is 0. The van der Waals surface area contributed by atoms with Gasteiger partial charge in [0.05, 0.1) is 36.3 Å². The zero-order chi connectivity index (χ0) is 48.6. The molecule has 0 atom stereocenters. The van der Waals surface area contributed by atoms with Gasteiger partial charge in [-0.1, -0.05) is 159 Å². The molecule has 10 aromatic rings. The van der Waals surface area contributed by atoms with Gasteiger partial charge in [-0.25, -0.2) is 0 Å². The van der Waals surface area contributed by atoms with Gasteiger partial charge < -0.3 is 8.98 Å². The molecular weight excluding hydrogens is 1060 g/mol. The topological polar surface area (TPSA) is 56.7 Å². The van der Waals surface area contributed by atoms with E-state index < -0.39 is 8.07 Å². The first-order chi connectivity index (χ1) is 32.9. The fraction of sp³-hybridized carbons (Fsp3) is 0.274. The van der Waals surface area contributed by atoms with Crippen molar-refractivity contribution in [1.29, 1.82) is 0 Å². The Kier molecular flexibility index (Phi) is 13.0. The van der Waals surface area contributed by atoms with E-state index in [9.17, 15) is 4.39 Å². The summed E-state index contributed by atoms with van der Waals surface area (Å²) in [5, 5.41) is 5.87. The third-order valence-corrected chi connectivity index (χ3v) is 16.4. The molecule has 0 spiro atoms. The van der Waals surface area contributed by atoms with Crippen LogP contribution in [0.1, 0.15) is 102 Å². The van der Waals surface area contributed by atoms with Crippen molar-refractivity contribution in [3.05, 3.63) is 174 Å². The van der Waals surface area contributed by atoms with Crippen LogP contribution in [-0.4, -0.2) is 27.6 Å². The van der Waals surface area contributed by atoms with Crippen molar-refractivity contribution in [1.82, 2.24) is 19.5 Å². The number of nitrogens with zero attached hydrogens (tertiary/aromatic N) is 4. The molecule has 8 heteroatoms. The molecule has 3 heterocycles. The van der Waals surface area contributed by atoms with Gasteiger partial charge in [0.15, 0.2) is 0 Å². The molecule has 0 saturated heterocycles. The summed E-state index contributed by atoms with van der Waals surface area (Å²) < 4.78 is 22.4. The zero-order valence-electron chi connectivity index (χ0n) is 42.2. The first kappa shape index (κ1) is 48.9. The number of furan rings is 1. The van der Waals surface area contributed by atoms with Crippen LogP contribution in [0.15, 0.2) is 138 Å². The van der Waals surface area contributed by atoms with Crippen LogP contribution in [0.5, 0.6) is 0 Å². The van der Waals surface area contributed by atoms with Crippen molar-refractivity contribution in [3.63, 3.8) is 0 Å². The van der Waals surface area contributed by atoms with Gasteiger partial charge in [-0.3, -0.25) is 19.3 Å². The molecule has 0 saturated carbocycles. The maximum atomic E-state index is 12.8. The number of rotatable bonds is 7. The third kappa shape index (κ3) is 8.77. The summed E-state index contributed by atoms with van der Waals surface area (Å²) in [7, 11) is -1.36. The summed E-state index contributed by atoms with van der Waals surface area (Å²) in [5.41, 5.74) is 14.7. The molecular formula is C62H61FIrN4OSi-2. The molecule has 70 heavy (non-hydrogen) atoms. The zero-order valence-corrected chi connectivity index (χ0v) is 45.6. The molecule has 0 fully saturated rings. The number of hydrogen-bond donors (Lipinski definition) is 0. The fourth-order valence-electron chi connectivity index (χ4n) is 10.3. The number of aromatic nitrogens is 4. The average Bonchev–Trinajstić information content (AvgIpc) is 3.92. The predicted octanol–water partition coefficient (Wildman–Crippen LogP) is 16.4. The second-order valence-corrected chi connectivity index (χ2v) is 27.0. The molecule has 0 N–H and O–H groups in total. The molecule has 1 aliphatic rings. The molecule has 11 rings (SSSR count). The van der Waals surface area contributed by atoms with Crippen LogP contribution in [0, 0.1) is 17.9 Å². The summed E-state index contributed by atoms with van der Waals surface area (Å²) in [6.45, 7) is 25.5. The molecule has 0 unspecified atom stereocenters. The van der Waals surface area contributed by atoms with E-state index in [4.69, 9.17) is 9.40 Å². The monoisotopic (exact) mass is 1120 g/mol. The Morgan fingerprint density at radius 1 is 0.686 bits per heavy atom. The molecule has 5 nitrogen and oxygen atoms in total. The van der Waals surface area contributed by atoms with Crippen molar-refractivity contribution in [2.75, 3.05) is 0 Å². The van der Waals surface area contributed by atoms with Crippen molar-refractivity contribution in [3.8, 4) is 39.6 Å². The Morgan fingerprint density at radius 3 is 2.00 bits per heavy atom. The predicted molar refractivity (Wildman–Crippen MR) is 288 cm³/mol. The molecule has 357 valence electrons. The first-order valence-corrected chi connectivity index (χ1v) is 28.0. The Hall–Kier alpha value is -6.05. The van der Waals surface area contributed by atoms with Gasteiger partial charge in [0.1, 0.15) is 5.58 Å². The van der Waals surface area contributed by atoms with Crippen LogP contribution in [0.2, 0.25) is 19.6 Å². The molecule has 7 aromatic carbocycles.